The molecule has 114 valence electrons. The highest BCUT2D eigenvalue weighted by molar-refractivity contribution is 7.18. The molecule has 0 bridgehead atoms. The van der Waals surface area contributed by atoms with Gasteiger partial charge in [-0.15, -0.1) is 17.8 Å². The van der Waals surface area contributed by atoms with Crippen molar-refractivity contribution in [3.05, 3.63) is 29.3 Å². The number of carbonyl (C=O) groups is 1. The molecule has 5 heteroatoms. The molecule has 1 N–H and O–H groups in total. The lowest BCUT2D eigenvalue weighted by Gasteiger charge is -2.30. The molecular weight excluding hydrogens is 294 g/mol. The smallest absolute Gasteiger partial charge is 0.234 e. The third kappa shape index (κ3) is 3.46. The van der Waals surface area contributed by atoms with Gasteiger partial charge in [0.25, 0.3) is 0 Å². The number of para-hydroxylation sites is 1. The Morgan fingerprint density at radius 1 is 1.41 bits per heavy atom. The lowest BCUT2D eigenvalue weighted by molar-refractivity contribution is -0.122. The first-order valence-corrected chi connectivity index (χ1v) is 8.36. The van der Waals surface area contributed by atoms with Crippen LogP contribution in [0.1, 0.15) is 23.8 Å². The van der Waals surface area contributed by atoms with Crippen molar-refractivity contribution in [3.8, 4) is 12.3 Å². The van der Waals surface area contributed by atoms with Crippen LogP contribution in [0.2, 0.25) is 0 Å². The molecule has 3 rings (SSSR count). The summed E-state index contributed by atoms with van der Waals surface area (Å²) in [5, 5.41) is 3.95. The number of hydrogen-bond donors (Lipinski definition) is 1. The van der Waals surface area contributed by atoms with Crippen LogP contribution in [0.15, 0.2) is 24.3 Å². The SMILES string of the molecule is C#CCNC(=O)CN1CCC(c2nc3ccccc3s2)CC1. The molecule has 0 aliphatic carbocycles. The molecule has 22 heavy (non-hydrogen) atoms. The summed E-state index contributed by atoms with van der Waals surface area (Å²) in [4.78, 5) is 18.6. The molecule has 1 fully saturated rings. The fourth-order valence-electron chi connectivity index (χ4n) is 2.81. The Hall–Kier alpha value is -1.90. The molecule has 1 aromatic carbocycles. The monoisotopic (exact) mass is 313 g/mol. The lowest BCUT2D eigenvalue weighted by atomic mass is 9.97. The van der Waals surface area contributed by atoms with Gasteiger partial charge in [-0.25, -0.2) is 4.98 Å². The van der Waals surface area contributed by atoms with Gasteiger partial charge in [-0.05, 0) is 38.1 Å². The molecule has 1 amide bonds. The normalized spacial score (nSPS) is 16.5. The van der Waals surface area contributed by atoms with Crippen LogP contribution < -0.4 is 5.32 Å². The first-order valence-electron chi connectivity index (χ1n) is 7.54. The minimum Gasteiger partial charge on any atom is -0.344 e. The summed E-state index contributed by atoms with van der Waals surface area (Å²) in [5.41, 5.74) is 1.10. The van der Waals surface area contributed by atoms with Gasteiger partial charge in [0.15, 0.2) is 0 Å². The Morgan fingerprint density at radius 3 is 2.91 bits per heavy atom. The van der Waals surface area contributed by atoms with Crippen molar-refractivity contribution in [2.45, 2.75) is 18.8 Å². The summed E-state index contributed by atoms with van der Waals surface area (Å²) in [5.74, 6) is 2.95. The van der Waals surface area contributed by atoms with Gasteiger partial charge in [-0.3, -0.25) is 9.69 Å². The van der Waals surface area contributed by atoms with E-state index in [1.54, 1.807) is 11.3 Å². The fourth-order valence-corrected chi connectivity index (χ4v) is 3.95. The Kier molecular flexibility index (Phi) is 4.71. The minimum atomic E-state index is 0.0105. The van der Waals surface area contributed by atoms with E-state index < -0.39 is 0 Å². The number of hydrogen-bond acceptors (Lipinski definition) is 4. The lowest BCUT2D eigenvalue weighted by Crippen LogP contribution is -2.41. The molecule has 0 spiro atoms. The van der Waals surface area contributed by atoms with Crippen LogP contribution in [-0.2, 0) is 4.79 Å². The van der Waals surface area contributed by atoms with Crippen molar-refractivity contribution in [1.29, 1.82) is 0 Å². The van der Waals surface area contributed by atoms with E-state index in [0.717, 1.165) is 31.4 Å². The van der Waals surface area contributed by atoms with Crippen molar-refractivity contribution in [3.63, 3.8) is 0 Å². The van der Waals surface area contributed by atoms with Gasteiger partial charge in [-0.1, -0.05) is 18.1 Å². The number of rotatable bonds is 4. The summed E-state index contributed by atoms with van der Waals surface area (Å²) in [6, 6.07) is 8.28. The molecule has 0 atom stereocenters. The molecular formula is C17H19N3OS. The maximum absolute atomic E-state index is 11.7. The van der Waals surface area contributed by atoms with Gasteiger partial charge in [0.05, 0.1) is 28.3 Å². The molecule has 0 unspecified atom stereocenters. The van der Waals surface area contributed by atoms with E-state index in [1.807, 2.05) is 6.07 Å². The second-order valence-corrected chi connectivity index (χ2v) is 6.61. The van der Waals surface area contributed by atoms with Crippen LogP contribution in [-0.4, -0.2) is 42.0 Å². The number of benzene rings is 1. The molecule has 2 aromatic rings. The largest absolute Gasteiger partial charge is 0.344 e. The topological polar surface area (TPSA) is 45.2 Å². The van der Waals surface area contributed by atoms with Gasteiger partial charge in [-0.2, -0.15) is 0 Å². The highest BCUT2D eigenvalue weighted by Gasteiger charge is 2.24. The van der Waals surface area contributed by atoms with Crippen molar-refractivity contribution in [1.82, 2.24) is 15.2 Å². The number of amides is 1. The summed E-state index contributed by atoms with van der Waals surface area (Å²) in [6.07, 6.45) is 7.26. The quantitative estimate of drug-likeness (QED) is 0.881. The van der Waals surface area contributed by atoms with Gasteiger partial charge in [0.1, 0.15) is 0 Å². The Labute approximate surface area is 134 Å². The van der Waals surface area contributed by atoms with E-state index in [9.17, 15) is 4.79 Å². The Balaban J connectivity index is 1.55. The van der Waals surface area contributed by atoms with E-state index in [4.69, 9.17) is 11.4 Å². The number of piperidine rings is 1. The summed E-state index contributed by atoms with van der Waals surface area (Å²) < 4.78 is 1.26. The molecule has 4 nitrogen and oxygen atoms in total. The van der Waals surface area contributed by atoms with Crippen molar-refractivity contribution >= 4 is 27.5 Å². The number of aromatic nitrogens is 1. The molecule has 1 aliphatic rings. The molecule has 1 aromatic heterocycles. The van der Waals surface area contributed by atoms with Gasteiger partial charge >= 0.3 is 0 Å². The van der Waals surface area contributed by atoms with Crippen LogP contribution in [0.4, 0.5) is 0 Å². The zero-order chi connectivity index (χ0) is 15.4. The second-order valence-electron chi connectivity index (χ2n) is 5.55. The summed E-state index contributed by atoms with van der Waals surface area (Å²) in [6.45, 7) is 2.61. The Morgan fingerprint density at radius 2 is 2.18 bits per heavy atom. The predicted molar refractivity (Wildman–Crippen MR) is 89.9 cm³/mol. The van der Waals surface area contributed by atoms with Gasteiger partial charge < -0.3 is 5.32 Å². The van der Waals surface area contributed by atoms with E-state index in [-0.39, 0.29) is 5.91 Å². The average Bonchev–Trinajstić information content (AvgIpc) is 2.97. The second kappa shape index (κ2) is 6.91. The molecule has 0 radical (unpaired) electrons. The Bertz CT molecular complexity index is 662. The third-order valence-electron chi connectivity index (χ3n) is 4.00. The number of carbonyl (C=O) groups excluding carboxylic acids is 1. The van der Waals surface area contributed by atoms with Gasteiger partial charge in [0.2, 0.25) is 5.91 Å². The van der Waals surface area contributed by atoms with Crippen LogP contribution in [0, 0.1) is 12.3 Å². The minimum absolute atomic E-state index is 0.0105. The zero-order valence-electron chi connectivity index (χ0n) is 12.4. The molecule has 0 saturated carbocycles. The van der Waals surface area contributed by atoms with E-state index in [2.05, 4.69) is 34.3 Å². The number of terminal acetylenes is 1. The fraction of sp³-hybridized carbons (Fsp3) is 0.412. The first kappa shape index (κ1) is 15.0. The van der Waals surface area contributed by atoms with Crippen LogP contribution in [0.3, 0.4) is 0 Å². The number of nitrogens with zero attached hydrogens (tertiary/aromatic N) is 2. The highest BCUT2D eigenvalue weighted by atomic mass is 32.1. The first-order chi connectivity index (χ1) is 10.8. The van der Waals surface area contributed by atoms with Crippen LogP contribution in [0.25, 0.3) is 10.2 Å². The van der Waals surface area contributed by atoms with Gasteiger partial charge in [0, 0.05) is 5.92 Å². The molecule has 2 heterocycles. The van der Waals surface area contributed by atoms with Crippen molar-refractivity contribution < 1.29 is 4.79 Å². The van der Waals surface area contributed by atoms with Crippen LogP contribution >= 0.6 is 11.3 Å². The number of fused-ring (bicyclic) bond motifs is 1. The van der Waals surface area contributed by atoms with Crippen molar-refractivity contribution in [2.24, 2.45) is 0 Å². The number of likely N-dealkylation sites (tertiary alicyclic amines) is 1. The van der Waals surface area contributed by atoms with E-state index >= 15 is 0 Å². The maximum atomic E-state index is 11.7. The maximum Gasteiger partial charge on any atom is 0.234 e. The average molecular weight is 313 g/mol. The summed E-state index contributed by atoms with van der Waals surface area (Å²) in [7, 11) is 0. The zero-order valence-corrected chi connectivity index (χ0v) is 13.2. The third-order valence-corrected chi connectivity index (χ3v) is 5.20. The molecule has 1 aliphatic heterocycles. The predicted octanol–water partition coefficient (Wildman–Crippen LogP) is 2.23. The number of thiazole rings is 1. The molecule has 1 saturated heterocycles. The standard InChI is InChI=1S/C17H19N3OS/c1-2-9-18-16(21)12-20-10-7-13(8-11-20)17-19-14-5-3-4-6-15(14)22-17/h1,3-6,13H,7-12H2,(H,18,21). The van der Waals surface area contributed by atoms with Crippen molar-refractivity contribution in [2.75, 3.05) is 26.2 Å². The summed E-state index contributed by atoms with van der Waals surface area (Å²) >= 11 is 1.80. The van der Waals surface area contributed by atoms with Crippen LogP contribution in [0.5, 0.6) is 0 Å². The van der Waals surface area contributed by atoms with E-state index in [1.165, 1.54) is 9.71 Å². The highest BCUT2D eigenvalue weighted by Crippen LogP contribution is 2.33. The van der Waals surface area contributed by atoms with E-state index in [0.29, 0.717) is 19.0 Å². The number of nitrogens with one attached hydrogen (secondary N) is 1.